The molecule has 0 unspecified atom stereocenters. The van der Waals surface area contributed by atoms with E-state index in [1.807, 2.05) is 25.2 Å². The van der Waals surface area contributed by atoms with Crippen LogP contribution in [0.5, 0.6) is 0 Å². The molecule has 0 aliphatic carbocycles. The molecule has 5 heteroatoms. The number of benzene rings is 1. The largest absolute Gasteiger partial charge is 1.00 e. The first kappa shape index (κ1) is 10.5. The number of nitrogens with zero attached hydrogens (tertiary/aromatic N) is 2. The molecule has 4 N–H and O–H groups in total. The third-order valence-electron chi connectivity index (χ3n) is 2.05. The lowest BCUT2D eigenvalue weighted by Crippen LogP contribution is -3.00. The second-order valence-electron chi connectivity index (χ2n) is 3.00. The van der Waals surface area contributed by atoms with E-state index < -0.39 is 0 Å². The Morgan fingerprint density at radius 2 is 2.00 bits per heavy atom. The number of anilines is 2. The van der Waals surface area contributed by atoms with Crippen molar-refractivity contribution < 1.29 is 17.1 Å². The van der Waals surface area contributed by atoms with E-state index in [-0.39, 0.29) is 12.4 Å². The summed E-state index contributed by atoms with van der Waals surface area (Å²) in [6.07, 6.45) is 1.63. The quantitative estimate of drug-likeness (QED) is 0.365. The lowest BCUT2D eigenvalue weighted by atomic mass is 10.2. The lowest BCUT2D eigenvalue weighted by Gasteiger charge is -1.99. The fraction of sp³-hybridized carbons (Fsp3) is 0.111. The average molecular weight is 211 g/mol. The number of hydrogen-bond donors (Lipinski definition) is 2. The molecular weight excluding hydrogens is 200 g/mol. The highest BCUT2D eigenvalue weighted by Gasteiger charge is 2.08. The van der Waals surface area contributed by atoms with E-state index >= 15 is 0 Å². The fourth-order valence-corrected chi connectivity index (χ4v) is 1.35. The van der Waals surface area contributed by atoms with Gasteiger partial charge in [0.25, 0.3) is 0 Å². The highest BCUT2D eigenvalue weighted by molar-refractivity contribution is 5.89. The highest BCUT2D eigenvalue weighted by Crippen LogP contribution is 2.18. The monoisotopic (exact) mass is 210 g/mol. The average Bonchev–Trinajstić information content (AvgIpc) is 2.12. The topological polar surface area (TPSA) is 68.8 Å². The second-order valence-corrected chi connectivity index (χ2v) is 3.00. The van der Waals surface area contributed by atoms with Gasteiger partial charge in [-0.15, -0.1) is 0 Å². The van der Waals surface area contributed by atoms with Crippen LogP contribution in [-0.2, 0) is 7.05 Å². The number of halogens is 1. The standard InChI is InChI=1S/C9H10N4.ClH/c1-13-9-3-2-6(10)4-7(9)8(11)5-12-13;/h2-5,11H,10H2,1H3;1H. The second kappa shape index (κ2) is 3.67. The zero-order valence-corrected chi connectivity index (χ0v) is 8.49. The van der Waals surface area contributed by atoms with Crippen molar-refractivity contribution in [3.05, 3.63) is 24.4 Å². The smallest absolute Gasteiger partial charge is 0.241 e. The van der Waals surface area contributed by atoms with Gasteiger partial charge in [-0.05, 0) is 17.2 Å². The molecule has 0 spiro atoms. The van der Waals surface area contributed by atoms with Crippen LogP contribution in [0.4, 0.5) is 11.4 Å². The zero-order valence-electron chi connectivity index (χ0n) is 7.74. The number of rotatable bonds is 0. The molecule has 1 heterocycles. The summed E-state index contributed by atoms with van der Waals surface area (Å²) >= 11 is 0. The molecule has 2 aromatic rings. The molecule has 4 nitrogen and oxygen atoms in total. The summed E-state index contributed by atoms with van der Waals surface area (Å²) in [6.45, 7) is 0. The summed E-state index contributed by atoms with van der Waals surface area (Å²) in [5.74, 6) is 0. The molecular formula is C9H11ClN4. The summed E-state index contributed by atoms with van der Waals surface area (Å²) in [6, 6.07) is 5.60. The van der Waals surface area contributed by atoms with E-state index in [0.717, 1.165) is 10.9 Å². The first-order valence-electron chi connectivity index (χ1n) is 3.98. The number of aryl methyl sites for hydroxylation is 1. The van der Waals surface area contributed by atoms with Gasteiger partial charge in [0.2, 0.25) is 5.52 Å². The molecule has 0 fully saturated rings. The van der Waals surface area contributed by atoms with E-state index in [1.54, 1.807) is 10.9 Å². The molecule has 0 saturated carbocycles. The van der Waals surface area contributed by atoms with E-state index in [9.17, 15) is 0 Å². The van der Waals surface area contributed by atoms with Crippen molar-refractivity contribution in [3.63, 3.8) is 0 Å². The van der Waals surface area contributed by atoms with Gasteiger partial charge in [0.1, 0.15) is 6.20 Å². The minimum Gasteiger partial charge on any atom is -1.00 e. The van der Waals surface area contributed by atoms with E-state index in [2.05, 4.69) is 5.10 Å². The Hall–Kier alpha value is -1.55. The van der Waals surface area contributed by atoms with Crippen LogP contribution in [0, 0.1) is 0 Å². The van der Waals surface area contributed by atoms with Crippen LogP contribution in [0.15, 0.2) is 24.4 Å². The van der Waals surface area contributed by atoms with Crippen molar-refractivity contribution in [2.75, 3.05) is 11.5 Å². The van der Waals surface area contributed by atoms with Crippen LogP contribution in [-0.4, -0.2) is 5.10 Å². The summed E-state index contributed by atoms with van der Waals surface area (Å²) < 4.78 is 1.77. The van der Waals surface area contributed by atoms with Crippen molar-refractivity contribution in [1.82, 2.24) is 5.10 Å². The summed E-state index contributed by atoms with van der Waals surface area (Å²) in [7, 11) is 1.87. The molecule has 0 amide bonds. The van der Waals surface area contributed by atoms with Crippen LogP contribution in [0.25, 0.3) is 10.9 Å². The predicted molar refractivity (Wildman–Crippen MR) is 51.7 cm³/mol. The maximum absolute atomic E-state index is 5.76. The number of aromatic nitrogens is 2. The van der Waals surface area contributed by atoms with Gasteiger partial charge in [-0.25, -0.2) is 0 Å². The van der Waals surface area contributed by atoms with E-state index in [4.69, 9.17) is 11.5 Å². The van der Waals surface area contributed by atoms with Gasteiger partial charge >= 0.3 is 0 Å². The Labute approximate surface area is 87.9 Å². The fourth-order valence-electron chi connectivity index (χ4n) is 1.35. The number of hydrogen-bond acceptors (Lipinski definition) is 3. The molecule has 0 radical (unpaired) electrons. The molecule has 2 rings (SSSR count). The van der Waals surface area contributed by atoms with Crippen LogP contribution in [0.1, 0.15) is 0 Å². The maximum Gasteiger partial charge on any atom is 0.241 e. The predicted octanol–water partition coefficient (Wildman–Crippen LogP) is -2.77. The Morgan fingerprint density at radius 3 is 2.71 bits per heavy atom. The number of nitrogens with two attached hydrogens (primary N) is 2. The summed E-state index contributed by atoms with van der Waals surface area (Å²) in [4.78, 5) is 0. The Morgan fingerprint density at radius 1 is 1.29 bits per heavy atom. The molecule has 0 aliphatic heterocycles. The third-order valence-corrected chi connectivity index (χ3v) is 2.05. The third kappa shape index (κ3) is 1.56. The maximum atomic E-state index is 5.76. The van der Waals surface area contributed by atoms with Gasteiger partial charge in [-0.2, -0.15) is 0 Å². The molecule has 0 saturated heterocycles. The number of fused-ring (bicyclic) bond motifs is 1. The zero-order chi connectivity index (χ0) is 9.42. The van der Waals surface area contributed by atoms with E-state index in [0.29, 0.717) is 11.4 Å². The molecule has 14 heavy (non-hydrogen) atoms. The van der Waals surface area contributed by atoms with Gasteiger partial charge in [0, 0.05) is 11.8 Å². The SMILES string of the molecule is C[n+]1ncc(N)c2cc(N)ccc21.[Cl-]. The van der Waals surface area contributed by atoms with Gasteiger partial charge in [-0.3, -0.25) is 0 Å². The van der Waals surface area contributed by atoms with Crippen LogP contribution >= 0.6 is 0 Å². The number of nitrogen functional groups attached to an aromatic ring is 2. The first-order valence-corrected chi connectivity index (χ1v) is 3.98. The molecule has 0 atom stereocenters. The van der Waals surface area contributed by atoms with Gasteiger partial charge < -0.3 is 23.9 Å². The van der Waals surface area contributed by atoms with Crippen molar-refractivity contribution in [2.45, 2.75) is 0 Å². The molecule has 1 aromatic heterocycles. The van der Waals surface area contributed by atoms with Gasteiger partial charge in [0.15, 0.2) is 7.05 Å². The Kier molecular flexibility index (Phi) is 2.76. The van der Waals surface area contributed by atoms with Crippen molar-refractivity contribution in [1.29, 1.82) is 0 Å². The summed E-state index contributed by atoms with van der Waals surface area (Å²) in [5, 5.41) is 5.03. The van der Waals surface area contributed by atoms with E-state index in [1.165, 1.54) is 0 Å². The van der Waals surface area contributed by atoms with Gasteiger partial charge in [0.05, 0.1) is 11.1 Å². The molecule has 0 aliphatic rings. The Balaban J connectivity index is 0.000000980. The molecule has 74 valence electrons. The normalized spacial score (nSPS) is 9.79. The van der Waals surface area contributed by atoms with Crippen LogP contribution in [0.2, 0.25) is 0 Å². The van der Waals surface area contributed by atoms with Crippen molar-refractivity contribution in [2.24, 2.45) is 7.05 Å². The van der Waals surface area contributed by atoms with Crippen molar-refractivity contribution >= 4 is 22.3 Å². The molecule has 0 bridgehead atoms. The van der Waals surface area contributed by atoms with Gasteiger partial charge in [-0.1, -0.05) is 4.68 Å². The Bertz CT molecular complexity index is 470. The van der Waals surface area contributed by atoms with Crippen LogP contribution in [0.3, 0.4) is 0 Å². The van der Waals surface area contributed by atoms with Crippen molar-refractivity contribution in [3.8, 4) is 0 Å². The first-order chi connectivity index (χ1) is 6.18. The van der Waals surface area contributed by atoms with Crippen LogP contribution < -0.4 is 28.6 Å². The minimum atomic E-state index is 0. The molecule has 1 aromatic carbocycles. The minimum absolute atomic E-state index is 0. The highest BCUT2D eigenvalue weighted by atomic mass is 35.5. The lowest BCUT2D eigenvalue weighted by molar-refractivity contribution is -0.705. The summed E-state index contributed by atoms with van der Waals surface area (Å²) in [5.41, 5.74) is 13.8.